The summed E-state index contributed by atoms with van der Waals surface area (Å²) in [5.41, 5.74) is 1.16. The van der Waals surface area contributed by atoms with Gasteiger partial charge in [-0.05, 0) is 31.0 Å². The van der Waals surface area contributed by atoms with E-state index in [1.165, 1.54) is 6.08 Å². The lowest BCUT2D eigenvalue weighted by atomic mass is 10.1. The summed E-state index contributed by atoms with van der Waals surface area (Å²) >= 11 is 3.39. The summed E-state index contributed by atoms with van der Waals surface area (Å²) in [5, 5.41) is 0. The minimum absolute atomic E-state index is 0.285. The maximum Gasteiger partial charge on any atom is 0.330 e. The van der Waals surface area contributed by atoms with E-state index in [1.54, 1.807) is 13.0 Å². The SMILES string of the molecule is CCOC(=O)/C=C/Cc1cccc(Br)c1. The zero-order chi connectivity index (χ0) is 11.1. The third-order valence-electron chi connectivity index (χ3n) is 1.78. The smallest absolute Gasteiger partial charge is 0.330 e. The molecule has 0 bridgehead atoms. The highest BCUT2D eigenvalue weighted by Gasteiger charge is 1.94. The number of hydrogen-bond donors (Lipinski definition) is 0. The van der Waals surface area contributed by atoms with E-state index >= 15 is 0 Å². The molecule has 3 heteroatoms. The van der Waals surface area contributed by atoms with Gasteiger partial charge in [0.25, 0.3) is 0 Å². The van der Waals surface area contributed by atoms with E-state index in [0.717, 1.165) is 16.5 Å². The highest BCUT2D eigenvalue weighted by molar-refractivity contribution is 9.10. The molecule has 0 aliphatic carbocycles. The van der Waals surface area contributed by atoms with E-state index in [4.69, 9.17) is 4.74 Å². The molecule has 0 atom stereocenters. The monoisotopic (exact) mass is 268 g/mol. The van der Waals surface area contributed by atoms with Crippen LogP contribution in [0.5, 0.6) is 0 Å². The van der Waals surface area contributed by atoms with Gasteiger partial charge in [0.2, 0.25) is 0 Å². The van der Waals surface area contributed by atoms with Gasteiger partial charge in [-0.1, -0.05) is 34.1 Å². The highest BCUT2D eigenvalue weighted by atomic mass is 79.9. The lowest BCUT2D eigenvalue weighted by molar-refractivity contribution is -0.137. The predicted octanol–water partition coefficient (Wildman–Crippen LogP) is 3.11. The van der Waals surface area contributed by atoms with Crippen molar-refractivity contribution >= 4 is 21.9 Å². The molecule has 1 rings (SSSR count). The summed E-state index contributed by atoms with van der Waals surface area (Å²) in [6.45, 7) is 2.21. The maximum absolute atomic E-state index is 11.0. The third-order valence-corrected chi connectivity index (χ3v) is 2.28. The predicted molar refractivity (Wildman–Crippen MR) is 63.6 cm³/mol. The van der Waals surface area contributed by atoms with Gasteiger partial charge in [-0.3, -0.25) is 0 Å². The number of benzene rings is 1. The Morgan fingerprint density at radius 2 is 2.33 bits per heavy atom. The van der Waals surface area contributed by atoms with Gasteiger partial charge in [0, 0.05) is 10.5 Å². The van der Waals surface area contributed by atoms with Crippen LogP contribution in [0.15, 0.2) is 40.9 Å². The van der Waals surface area contributed by atoms with Gasteiger partial charge >= 0.3 is 5.97 Å². The summed E-state index contributed by atoms with van der Waals surface area (Å²) in [5.74, 6) is -0.285. The van der Waals surface area contributed by atoms with Crippen molar-refractivity contribution in [3.63, 3.8) is 0 Å². The van der Waals surface area contributed by atoms with Crippen molar-refractivity contribution < 1.29 is 9.53 Å². The molecule has 80 valence electrons. The van der Waals surface area contributed by atoms with E-state index in [2.05, 4.69) is 15.9 Å². The average molecular weight is 269 g/mol. The molecule has 15 heavy (non-hydrogen) atoms. The Labute approximate surface area is 98.1 Å². The van der Waals surface area contributed by atoms with Crippen molar-refractivity contribution in [2.75, 3.05) is 6.61 Å². The van der Waals surface area contributed by atoms with Crippen molar-refractivity contribution in [2.24, 2.45) is 0 Å². The fourth-order valence-electron chi connectivity index (χ4n) is 1.15. The zero-order valence-electron chi connectivity index (χ0n) is 8.57. The Kier molecular flexibility index (Phi) is 5.12. The van der Waals surface area contributed by atoms with Gasteiger partial charge in [-0.2, -0.15) is 0 Å². The first-order valence-electron chi connectivity index (χ1n) is 4.80. The highest BCUT2D eigenvalue weighted by Crippen LogP contribution is 2.12. The quantitative estimate of drug-likeness (QED) is 0.620. The molecule has 0 radical (unpaired) electrons. The van der Waals surface area contributed by atoms with Crippen molar-refractivity contribution in [3.8, 4) is 0 Å². The van der Waals surface area contributed by atoms with Crippen LogP contribution in [0.2, 0.25) is 0 Å². The fourth-order valence-corrected chi connectivity index (χ4v) is 1.59. The molecule has 1 aromatic rings. The number of esters is 1. The number of hydrogen-bond acceptors (Lipinski definition) is 2. The number of ether oxygens (including phenoxy) is 1. The Morgan fingerprint density at radius 3 is 3.00 bits per heavy atom. The maximum atomic E-state index is 11.0. The molecule has 1 aromatic carbocycles. The topological polar surface area (TPSA) is 26.3 Å². The summed E-state index contributed by atoms with van der Waals surface area (Å²) in [7, 11) is 0. The summed E-state index contributed by atoms with van der Waals surface area (Å²) in [4.78, 5) is 11.0. The van der Waals surface area contributed by atoms with E-state index in [-0.39, 0.29) is 5.97 Å². The zero-order valence-corrected chi connectivity index (χ0v) is 10.2. The molecule has 0 amide bonds. The Balaban J connectivity index is 2.46. The van der Waals surface area contributed by atoms with Crippen molar-refractivity contribution in [1.82, 2.24) is 0 Å². The number of carbonyl (C=O) groups is 1. The van der Waals surface area contributed by atoms with E-state index < -0.39 is 0 Å². The van der Waals surface area contributed by atoms with Crippen LogP contribution in [-0.2, 0) is 16.0 Å². The minimum Gasteiger partial charge on any atom is -0.463 e. The fraction of sp³-hybridized carbons (Fsp3) is 0.250. The van der Waals surface area contributed by atoms with Crippen LogP contribution in [0.4, 0.5) is 0 Å². The van der Waals surface area contributed by atoms with Gasteiger partial charge in [0.05, 0.1) is 6.61 Å². The molecule has 0 saturated heterocycles. The molecule has 0 spiro atoms. The number of carbonyl (C=O) groups excluding carboxylic acids is 1. The van der Waals surface area contributed by atoms with Gasteiger partial charge in [-0.15, -0.1) is 0 Å². The Morgan fingerprint density at radius 1 is 1.53 bits per heavy atom. The van der Waals surface area contributed by atoms with Crippen LogP contribution in [0.25, 0.3) is 0 Å². The first-order valence-corrected chi connectivity index (χ1v) is 5.59. The third kappa shape index (κ3) is 4.79. The van der Waals surface area contributed by atoms with Crippen LogP contribution in [0.3, 0.4) is 0 Å². The van der Waals surface area contributed by atoms with Crippen LogP contribution in [-0.4, -0.2) is 12.6 Å². The molecule has 0 heterocycles. The van der Waals surface area contributed by atoms with Gasteiger partial charge in [-0.25, -0.2) is 4.79 Å². The van der Waals surface area contributed by atoms with E-state index in [0.29, 0.717) is 6.61 Å². The minimum atomic E-state index is -0.285. The number of halogens is 1. The molecule has 0 aromatic heterocycles. The Hall–Kier alpha value is -1.09. The largest absolute Gasteiger partial charge is 0.463 e. The molecule has 0 saturated carbocycles. The first kappa shape index (κ1) is 12.0. The molecular weight excluding hydrogens is 256 g/mol. The van der Waals surface area contributed by atoms with Crippen molar-refractivity contribution in [1.29, 1.82) is 0 Å². The van der Waals surface area contributed by atoms with Crippen LogP contribution < -0.4 is 0 Å². The van der Waals surface area contributed by atoms with Gasteiger partial charge in [0.15, 0.2) is 0 Å². The first-order chi connectivity index (χ1) is 7.22. The number of rotatable bonds is 4. The van der Waals surface area contributed by atoms with Crippen molar-refractivity contribution in [2.45, 2.75) is 13.3 Å². The second kappa shape index (κ2) is 6.40. The van der Waals surface area contributed by atoms with E-state index in [1.807, 2.05) is 24.3 Å². The second-order valence-corrected chi connectivity index (χ2v) is 3.90. The normalized spacial score (nSPS) is 10.5. The summed E-state index contributed by atoms with van der Waals surface area (Å²) in [6.07, 6.45) is 4.00. The molecule has 0 fully saturated rings. The van der Waals surface area contributed by atoms with Crippen LogP contribution in [0, 0.1) is 0 Å². The molecule has 0 aliphatic rings. The molecular formula is C12H13BrO2. The summed E-state index contributed by atoms with van der Waals surface area (Å²) in [6, 6.07) is 7.98. The van der Waals surface area contributed by atoms with Crippen LogP contribution >= 0.6 is 15.9 Å². The molecule has 0 N–H and O–H groups in total. The lowest BCUT2D eigenvalue weighted by Gasteiger charge is -1.97. The molecule has 0 unspecified atom stereocenters. The standard InChI is InChI=1S/C12H13BrO2/c1-2-15-12(14)8-4-6-10-5-3-7-11(13)9-10/h3-5,7-9H,2,6H2,1H3/b8-4+. The van der Waals surface area contributed by atoms with Crippen LogP contribution in [0.1, 0.15) is 12.5 Å². The average Bonchev–Trinajstić information content (AvgIpc) is 2.18. The summed E-state index contributed by atoms with van der Waals surface area (Å²) < 4.78 is 5.81. The van der Waals surface area contributed by atoms with E-state index in [9.17, 15) is 4.79 Å². The Bertz CT molecular complexity index is 358. The van der Waals surface area contributed by atoms with Gasteiger partial charge in [0.1, 0.15) is 0 Å². The lowest BCUT2D eigenvalue weighted by Crippen LogP contribution is -1.99. The molecule has 0 aliphatic heterocycles. The second-order valence-electron chi connectivity index (χ2n) is 2.99. The van der Waals surface area contributed by atoms with Gasteiger partial charge < -0.3 is 4.74 Å². The molecule has 2 nitrogen and oxygen atoms in total. The van der Waals surface area contributed by atoms with Crippen molar-refractivity contribution in [3.05, 3.63) is 46.5 Å². The number of allylic oxidation sites excluding steroid dienone is 1.